The van der Waals surface area contributed by atoms with Gasteiger partial charge in [-0.3, -0.25) is 9.78 Å². The van der Waals surface area contributed by atoms with Gasteiger partial charge in [0, 0.05) is 18.7 Å². The van der Waals surface area contributed by atoms with Crippen LogP contribution in [0.5, 0.6) is 5.75 Å². The zero-order valence-electron chi connectivity index (χ0n) is 15.5. The van der Waals surface area contributed by atoms with Crippen molar-refractivity contribution in [1.82, 2.24) is 14.9 Å². The number of likely N-dealkylation sites (tertiary alicyclic amines) is 1. The van der Waals surface area contributed by atoms with Gasteiger partial charge in [0.05, 0.1) is 22.9 Å². The van der Waals surface area contributed by atoms with Crippen LogP contribution in [0.2, 0.25) is 0 Å². The lowest BCUT2D eigenvalue weighted by molar-refractivity contribution is -0.138. The van der Waals surface area contributed by atoms with Crippen LogP contribution in [0, 0.1) is 0 Å². The van der Waals surface area contributed by atoms with E-state index in [1.54, 1.807) is 6.20 Å². The van der Waals surface area contributed by atoms with Crippen molar-refractivity contribution >= 4 is 16.9 Å². The van der Waals surface area contributed by atoms with Crippen LogP contribution in [0.4, 0.5) is 0 Å². The first-order valence-corrected chi connectivity index (χ1v) is 9.48. The van der Waals surface area contributed by atoms with Gasteiger partial charge >= 0.3 is 0 Å². The van der Waals surface area contributed by atoms with Gasteiger partial charge in [-0.25, -0.2) is 4.98 Å². The molecule has 2 heterocycles. The monoisotopic (exact) mass is 361 g/mol. The normalized spacial score (nSPS) is 15.5. The molecule has 0 aliphatic carbocycles. The highest BCUT2D eigenvalue weighted by Crippen LogP contribution is 2.23. The summed E-state index contributed by atoms with van der Waals surface area (Å²) in [7, 11) is 0. The van der Waals surface area contributed by atoms with E-state index in [0.717, 1.165) is 48.2 Å². The first kappa shape index (κ1) is 17.5. The molecule has 1 amide bonds. The van der Waals surface area contributed by atoms with E-state index in [9.17, 15) is 4.79 Å². The molecule has 1 atom stereocenters. The van der Waals surface area contributed by atoms with Crippen LogP contribution in [-0.2, 0) is 4.79 Å². The van der Waals surface area contributed by atoms with Gasteiger partial charge in [0.25, 0.3) is 5.91 Å². The van der Waals surface area contributed by atoms with Crippen LogP contribution in [0.15, 0.2) is 54.7 Å². The van der Waals surface area contributed by atoms with E-state index < -0.39 is 6.10 Å². The standard InChI is InChI=1S/C22H23N3O2/c1-16(22(26)25-13-5-2-6-14-25)27-18-11-9-17(10-12-18)21-15-23-19-7-3-4-8-20(19)24-21/h3-4,7-12,15-16H,2,5-6,13-14H2,1H3. The first-order chi connectivity index (χ1) is 13.2. The van der Waals surface area contributed by atoms with Gasteiger partial charge < -0.3 is 9.64 Å². The molecule has 0 N–H and O–H groups in total. The summed E-state index contributed by atoms with van der Waals surface area (Å²) in [5, 5.41) is 0. The highest BCUT2D eigenvalue weighted by atomic mass is 16.5. The molecule has 2 aromatic carbocycles. The van der Waals surface area contributed by atoms with Crippen LogP contribution in [-0.4, -0.2) is 40.0 Å². The van der Waals surface area contributed by atoms with Crippen molar-refractivity contribution in [1.29, 1.82) is 0 Å². The summed E-state index contributed by atoms with van der Waals surface area (Å²) in [5.74, 6) is 0.754. The first-order valence-electron chi connectivity index (χ1n) is 9.48. The van der Waals surface area contributed by atoms with Gasteiger partial charge in [-0.05, 0) is 62.6 Å². The molecule has 5 heteroatoms. The summed E-state index contributed by atoms with van der Waals surface area (Å²) in [4.78, 5) is 23.5. The highest BCUT2D eigenvalue weighted by molar-refractivity contribution is 5.81. The molecule has 3 aromatic rings. The molecule has 0 radical (unpaired) electrons. The fourth-order valence-corrected chi connectivity index (χ4v) is 3.43. The topological polar surface area (TPSA) is 55.3 Å². The van der Waals surface area contributed by atoms with Crippen LogP contribution >= 0.6 is 0 Å². The Kier molecular flexibility index (Phi) is 5.01. The van der Waals surface area contributed by atoms with Crippen molar-refractivity contribution in [3.63, 3.8) is 0 Å². The molecule has 1 aromatic heterocycles. The summed E-state index contributed by atoms with van der Waals surface area (Å²) < 4.78 is 5.86. The smallest absolute Gasteiger partial charge is 0.263 e. The Morgan fingerprint density at radius 3 is 2.44 bits per heavy atom. The Morgan fingerprint density at radius 1 is 1.00 bits per heavy atom. The van der Waals surface area contributed by atoms with E-state index in [2.05, 4.69) is 9.97 Å². The van der Waals surface area contributed by atoms with Gasteiger partial charge in [-0.1, -0.05) is 12.1 Å². The number of carbonyl (C=O) groups excluding carboxylic acids is 1. The minimum atomic E-state index is -0.477. The quantitative estimate of drug-likeness (QED) is 0.703. The van der Waals surface area contributed by atoms with E-state index >= 15 is 0 Å². The second-order valence-corrected chi connectivity index (χ2v) is 6.91. The number of piperidine rings is 1. The zero-order chi connectivity index (χ0) is 18.6. The maximum atomic E-state index is 12.5. The van der Waals surface area contributed by atoms with E-state index in [0.29, 0.717) is 5.75 Å². The minimum Gasteiger partial charge on any atom is -0.481 e. The Bertz CT molecular complexity index is 934. The summed E-state index contributed by atoms with van der Waals surface area (Å²) in [6.45, 7) is 3.50. The summed E-state index contributed by atoms with van der Waals surface area (Å²) in [6, 6.07) is 15.5. The molecular weight excluding hydrogens is 338 g/mol. The van der Waals surface area contributed by atoms with Crippen LogP contribution < -0.4 is 4.74 Å². The number of fused-ring (bicyclic) bond motifs is 1. The Hall–Kier alpha value is -2.95. The number of aromatic nitrogens is 2. The predicted molar refractivity (Wildman–Crippen MR) is 105 cm³/mol. The molecule has 1 unspecified atom stereocenters. The number of para-hydroxylation sites is 2. The molecule has 1 fully saturated rings. The number of benzene rings is 2. The van der Waals surface area contributed by atoms with Crippen molar-refractivity contribution < 1.29 is 9.53 Å². The van der Waals surface area contributed by atoms with Crippen molar-refractivity contribution in [3.05, 3.63) is 54.7 Å². The average molecular weight is 361 g/mol. The zero-order valence-corrected chi connectivity index (χ0v) is 15.5. The van der Waals surface area contributed by atoms with E-state index in [1.165, 1.54) is 6.42 Å². The molecule has 27 heavy (non-hydrogen) atoms. The third-order valence-electron chi connectivity index (χ3n) is 4.93. The number of ether oxygens (including phenoxy) is 1. The van der Waals surface area contributed by atoms with Gasteiger partial charge in [0.2, 0.25) is 0 Å². The number of amides is 1. The predicted octanol–water partition coefficient (Wildman–Crippen LogP) is 4.08. The van der Waals surface area contributed by atoms with E-state index in [-0.39, 0.29) is 5.91 Å². The summed E-state index contributed by atoms with van der Waals surface area (Å²) in [6.07, 6.45) is 4.67. The number of nitrogens with zero attached hydrogens (tertiary/aromatic N) is 3. The number of hydrogen-bond donors (Lipinski definition) is 0. The fraction of sp³-hybridized carbons (Fsp3) is 0.318. The number of rotatable bonds is 4. The fourth-order valence-electron chi connectivity index (χ4n) is 3.43. The van der Waals surface area contributed by atoms with Crippen LogP contribution in [0.3, 0.4) is 0 Å². The lowest BCUT2D eigenvalue weighted by Gasteiger charge is -2.29. The Balaban J connectivity index is 1.45. The van der Waals surface area contributed by atoms with Gasteiger partial charge in [0.1, 0.15) is 5.75 Å². The molecule has 5 nitrogen and oxygen atoms in total. The second kappa shape index (κ2) is 7.74. The molecule has 1 aliphatic heterocycles. The van der Waals surface area contributed by atoms with Crippen molar-refractivity contribution in [3.8, 4) is 17.0 Å². The van der Waals surface area contributed by atoms with Crippen molar-refractivity contribution in [2.45, 2.75) is 32.3 Å². The summed E-state index contributed by atoms with van der Waals surface area (Å²) >= 11 is 0. The largest absolute Gasteiger partial charge is 0.481 e. The number of carbonyl (C=O) groups is 1. The van der Waals surface area contributed by atoms with Crippen molar-refractivity contribution in [2.75, 3.05) is 13.1 Å². The number of hydrogen-bond acceptors (Lipinski definition) is 4. The molecule has 0 spiro atoms. The van der Waals surface area contributed by atoms with Gasteiger partial charge in [-0.15, -0.1) is 0 Å². The third-order valence-corrected chi connectivity index (χ3v) is 4.93. The molecule has 138 valence electrons. The molecule has 0 bridgehead atoms. The molecular formula is C22H23N3O2. The third kappa shape index (κ3) is 3.92. The second-order valence-electron chi connectivity index (χ2n) is 6.91. The lowest BCUT2D eigenvalue weighted by Crippen LogP contribution is -2.43. The average Bonchev–Trinajstić information content (AvgIpc) is 2.74. The van der Waals surface area contributed by atoms with Crippen LogP contribution in [0.1, 0.15) is 26.2 Å². The molecule has 1 aliphatic rings. The molecule has 1 saturated heterocycles. The molecule has 0 saturated carbocycles. The summed E-state index contributed by atoms with van der Waals surface area (Å²) in [5.41, 5.74) is 3.54. The van der Waals surface area contributed by atoms with E-state index in [1.807, 2.05) is 60.4 Å². The lowest BCUT2D eigenvalue weighted by atomic mass is 10.1. The highest BCUT2D eigenvalue weighted by Gasteiger charge is 2.23. The minimum absolute atomic E-state index is 0.0687. The van der Waals surface area contributed by atoms with Gasteiger partial charge in [-0.2, -0.15) is 0 Å². The van der Waals surface area contributed by atoms with Crippen molar-refractivity contribution in [2.24, 2.45) is 0 Å². The van der Waals surface area contributed by atoms with Gasteiger partial charge in [0.15, 0.2) is 6.10 Å². The maximum Gasteiger partial charge on any atom is 0.263 e. The SMILES string of the molecule is CC(Oc1ccc(-c2cnc3ccccc3n2)cc1)C(=O)N1CCCCC1. The van der Waals surface area contributed by atoms with Crippen LogP contribution in [0.25, 0.3) is 22.3 Å². The van der Waals surface area contributed by atoms with E-state index in [4.69, 9.17) is 4.74 Å². The Morgan fingerprint density at radius 2 is 1.70 bits per heavy atom. The Labute approximate surface area is 159 Å². The molecule has 4 rings (SSSR count). The maximum absolute atomic E-state index is 12.5.